The third-order valence-corrected chi connectivity index (χ3v) is 7.01. The van der Waals surface area contributed by atoms with E-state index in [4.69, 9.17) is 4.74 Å². The van der Waals surface area contributed by atoms with Crippen molar-refractivity contribution < 1.29 is 9.53 Å². The Hall–Kier alpha value is -1.81. The molecule has 1 heterocycles. The normalized spacial score (nSPS) is 30.2. The van der Waals surface area contributed by atoms with Crippen LogP contribution in [0.5, 0.6) is 5.75 Å². The minimum Gasteiger partial charge on any atom is -0.485 e. The number of carbonyl (C=O) groups is 1. The number of hydrogen-bond donors (Lipinski definition) is 0. The van der Waals surface area contributed by atoms with Crippen LogP contribution in [-0.4, -0.2) is 54.0 Å². The van der Waals surface area contributed by atoms with E-state index in [-0.39, 0.29) is 11.5 Å². The number of benzene rings is 1. The summed E-state index contributed by atoms with van der Waals surface area (Å²) in [5.74, 6) is 1.68. The molecule has 1 aromatic carbocycles. The van der Waals surface area contributed by atoms with Crippen molar-refractivity contribution in [1.82, 2.24) is 9.80 Å². The molecule has 1 aromatic rings. The van der Waals surface area contributed by atoms with Gasteiger partial charge in [0.1, 0.15) is 11.4 Å². The number of para-hydroxylation sites is 1. The molecular formula is C24H34N2O2. The van der Waals surface area contributed by atoms with Crippen molar-refractivity contribution in [3.63, 3.8) is 0 Å². The van der Waals surface area contributed by atoms with Crippen LogP contribution >= 0.6 is 0 Å². The Bertz CT molecular complexity index is 721. The maximum absolute atomic E-state index is 12.9. The molecule has 0 saturated heterocycles. The van der Waals surface area contributed by atoms with E-state index in [9.17, 15) is 4.79 Å². The molecule has 1 unspecified atom stereocenters. The summed E-state index contributed by atoms with van der Waals surface area (Å²) >= 11 is 0. The van der Waals surface area contributed by atoms with Gasteiger partial charge in [-0.3, -0.25) is 4.79 Å². The van der Waals surface area contributed by atoms with Crippen LogP contribution in [0.25, 0.3) is 0 Å². The summed E-state index contributed by atoms with van der Waals surface area (Å²) in [6.07, 6.45) is 12.8. The lowest BCUT2D eigenvalue weighted by Gasteiger charge is -2.44. The highest BCUT2D eigenvalue weighted by atomic mass is 16.5. The van der Waals surface area contributed by atoms with Crippen LogP contribution in [0.1, 0.15) is 62.2 Å². The molecule has 0 N–H and O–H groups in total. The molecule has 4 heteroatoms. The fourth-order valence-corrected chi connectivity index (χ4v) is 5.25. The Morgan fingerprint density at radius 1 is 1.18 bits per heavy atom. The van der Waals surface area contributed by atoms with E-state index in [0.717, 1.165) is 43.9 Å². The summed E-state index contributed by atoms with van der Waals surface area (Å²) in [5, 5.41) is 0. The highest BCUT2D eigenvalue weighted by Crippen LogP contribution is 2.39. The highest BCUT2D eigenvalue weighted by Gasteiger charge is 2.43. The molecule has 0 radical (unpaired) electrons. The minimum atomic E-state index is -0.233. The fraction of sp³-hybridized carbons (Fsp3) is 0.625. The first-order valence-electron chi connectivity index (χ1n) is 11.0. The Morgan fingerprint density at radius 3 is 2.68 bits per heavy atom. The van der Waals surface area contributed by atoms with Crippen LogP contribution in [0.2, 0.25) is 0 Å². The van der Waals surface area contributed by atoms with Gasteiger partial charge >= 0.3 is 0 Å². The van der Waals surface area contributed by atoms with Crippen LogP contribution in [0.4, 0.5) is 0 Å². The van der Waals surface area contributed by atoms with E-state index in [1.807, 2.05) is 29.2 Å². The van der Waals surface area contributed by atoms with Crippen molar-refractivity contribution in [2.24, 2.45) is 5.92 Å². The largest absolute Gasteiger partial charge is 0.485 e. The van der Waals surface area contributed by atoms with Crippen molar-refractivity contribution in [2.75, 3.05) is 26.7 Å². The molecule has 4 nitrogen and oxygen atoms in total. The number of fused-ring (bicyclic) bond motifs is 1. The van der Waals surface area contributed by atoms with Crippen LogP contribution in [0.3, 0.4) is 0 Å². The third kappa shape index (κ3) is 3.98. The molecule has 0 aromatic heterocycles. The summed E-state index contributed by atoms with van der Waals surface area (Å²) in [6.45, 7) is 4.71. The first kappa shape index (κ1) is 19.5. The molecule has 1 fully saturated rings. The lowest BCUT2D eigenvalue weighted by Crippen LogP contribution is -2.52. The molecule has 0 bridgehead atoms. The zero-order chi connectivity index (χ0) is 19.6. The lowest BCUT2D eigenvalue weighted by atomic mass is 9.80. The average molecular weight is 383 g/mol. The van der Waals surface area contributed by atoms with E-state index in [1.54, 1.807) is 0 Å². The van der Waals surface area contributed by atoms with Crippen LogP contribution in [-0.2, 0) is 0 Å². The van der Waals surface area contributed by atoms with Crippen molar-refractivity contribution in [3.05, 3.63) is 42.0 Å². The monoisotopic (exact) mass is 382 g/mol. The second kappa shape index (κ2) is 8.28. The molecule has 1 spiro atoms. The molecule has 28 heavy (non-hydrogen) atoms. The van der Waals surface area contributed by atoms with Gasteiger partial charge < -0.3 is 14.5 Å². The predicted octanol–water partition coefficient (Wildman–Crippen LogP) is 4.51. The van der Waals surface area contributed by atoms with Gasteiger partial charge in [0.05, 0.1) is 12.1 Å². The molecule has 1 saturated carbocycles. The van der Waals surface area contributed by atoms with Crippen molar-refractivity contribution >= 4 is 5.91 Å². The van der Waals surface area contributed by atoms with E-state index >= 15 is 0 Å². The summed E-state index contributed by atoms with van der Waals surface area (Å²) in [5.41, 5.74) is 0.481. The quantitative estimate of drug-likeness (QED) is 0.718. The van der Waals surface area contributed by atoms with Crippen LogP contribution < -0.4 is 4.74 Å². The number of likely N-dealkylation sites (N-methyl/N-ethyl adjacent to an activating group) is 1. The summed E-state index contributed by atoms with van der Waals surface area (Å²) in [4.78, 5) is 17.5. The smallest absolute Gasteiger partial charge is 0.257 e. The van der Waals surface area contributed by atoms with Gasteiger partial charge in [-0.1, -0.05) is 24.3 Å². The van der Waals surface area contributed by atoms with Gasteiger partial charge in [0.25, 0.3) is 5.91 Å². The van der Waals surface area contributed by atoms with Crippen molar-refractivity contribution in [3.8, 4) is 5.75 Å². The molecule has 152 valence electrons. The Morgan fingerprint density at radius 2 is 1.96 bits per heavy atom. The number of hydrogen-bond acceptors (Lipinski definition) is 3. The summed E-state index contributed by atoms with van der Waals surface area (Å²) < 4.78 is 6.58. The van der Waals surface area contributed by atoms with E-state index < -0.39 is 0 Å². The maximum atomic E-state index is 12.9. The van der Waals surface area contributed by atoms with E-state index in [0.29, 0.717) is 18.2 Å². The number of amides is 1. The first-order valence-corrected chi connectivity index (χ1v) is 11.0. The van der Waals surface area contributed by atoms with Gasteiger partial charge in [-0.15, -0.1) is 0 Å². The Kier molecular flexibility index (Phi) is 5.77. The topological polar surface area (TPSA) is 32.8 Å². The molecular weight excluding hydrogens is 348 g/mol. The maximum Gasteiger partial charge on any atom is 0.257 e. The number of carbonyl (C=O) groups excluding carboxylic acids is 1. The number of rotatable bonds is 4. The van der Waals surface area contributed by atoms with Gasteiger partial charge in [-0.2, -0.15) is 0 Å². The second-order valence-electron chi connectivity index (χ2n) is 8.92. The zero-order valence-electron chi connectivity index (χ0n) is 17.4. The molecule has 4 rings (SSSR count). The van der Waals surface area contributed by atoms with Crippen LogP contribution in [0.15, 0.2) is 36.4 Å². The summed E-state index contributed by atoms with van der Waals surface area (Å²) in [6, 6.07) is 8.39. The number of nitrogens with zero attached hydrogens (tertiary/aromatic N) is 2. The molecule has 1 amide bonds. The zero-order valence-corrected chi connectivity index (χ0v) is 17.4. The van der Waals surface area contributed by atoms with Crippen LogP contribution in [0, 0.1) is 5.92 Å². The SMILES string of the molecule is CCN1CC2(CCC(N(C)CC3CC=CCC3)CC2)Oc2ccccc2C1=O. The van der Waals surface area contributed by atoms with Gasteiger partial charge in [-0.05, 0) is 77.0 Å². The van der Waals surface area contributed by atoms with Crippen molar-refractivity contribution in [1.29, 1.82) is 0 Å². The fourth-order valence-electron chi connectivity index (χ4n) is 5.25. The molecule has 2 aliphatic carbocycles. The van der Waals surface area contributed by atoms with Gasteiger partial charge in [0.15, 0.2) is 0 Å². The highest BCUT2D eigenvalue weighted by molar-refractivity contribution is 5.97. The molecule has 1 atom stereocenters. The van der Waals surface area contributed by atoms with E-state index in [1.165, 1.54) is 25.8 Å². The van der Waals surface area contributed by atoms with Gasteiger partial charge in [0.2, 0.25) is 0 Å². The summed E-state index contributed by atoms with van der Waals surface area (Å²) in [7, 11) is 2.30. The first-order chi connectivity index (χ1) is 13.6. The molecule has 1 aliphatic heterocycles. The predicted molar refractivity (Wildman–Crippen MR) is 113 cm³/mol. The third-order valence-electron chi connectivity index (χ3n) is 7.01. The van der Waals surface area contributed by atoms with Gasteiger partial charge in [-0.25, -0.2) is 0 Å². The van der Waals surface area contributed by atoms with Crippen molar-refractivity contribution in [2.45, 2.75) is 63.5 Å². The average Bonchev–Trinajstić information content (AvgIpc) is 2.84. The lowest BCUT2D eigenvalue weighted by molar-refractivity contribution is -0.0125. The standard InChI is InChI=1S/C24H34N2O2/c1-3-26-18-24(28-22-12-8-7-11-21(22)23(26)27)15-13-20(14-16-24)25(2)17-19-9-5-4-6-10-19/h4-5,7-8,11-12,19-20H,3,6,9-10,13-18H2,1-2H3. The van der Waals surface area contributed by atoms with Gasteiger partial charge in [0, 0.05) is 19.1 Å². The Labute approximate surface area is 169 Å². The second-order valence-corrected chi connectivity index (χ2v) is 8.92. The molecule has 3 aliphatic rings. The number of allylic oxidation sites excluding steroid dienone is 2. The van der Waals surface area contributed by atoms with E-state index in [2.05, 4.69) is 31.0 Å². The minimum absolute atomic E-state index is 0.111. The number of ether oxygens (including phenoxy) is 1. The Balaban J connectivity index is 1.44.